The first-order valence-electron chi connectivity index (χ1n) is 5.09. The van der Waals surface area contributed by atoms with Crippen molar-refractivity contribution in [1.82, 2.24) is 15.3 Å². The molecule has 0 aliphatic carbocycles. The van der Waals surface area contributed by atoms with Crippen LogP contribution in [0, 0.1) is 0 Å². The second kappa shape index (κ2) is 4.61. The Hall–Kier alpha value is -2.10. The number of hydrogen-bond donors (Lipinski definition) is 2. The summed E-state index contributed by atoms with van der Waals surface area (Å²) in [6.07, 6.45) is 1.64. The molecule has 2 aromatic rings. The quantitative estimate of drug-likeness (QED) is 0.819. The van der Waals surface area contributed by atoms with E-state index in [2.05, 4.69) is 15.3 Å². The molecule has 16 heavy (non-hydrogen) atoms. The van der Waals surface area contributed by atoms with Crippen molar-refractivity contribution in [2.24, 2.45) is 0 Å². The molecular formula is C12H13N3O. The fourth-order valence-electron chi connectivity index (χ4n) is 1.51. The average Bonchev–Trinajstić information content (AvgIpc) is 2.75. The van der Waals surface area contributed by atoms with Gasteiger partial charge in [-0.25, -0.2) is 4.98 Å². The van der Waals surface area contributed by atoms with Crippen LogP contribution in [-0.2, 0) is 11.3 Å². The number of rotatable bonds is 3. The molecular weight excluding hydrogens is 202 g/mol. The van der Waals surface area contributed by atoms with Gasteiger partial charge in [-0.05, 0) is 0 Å². The Bertz CT molecular complexity index is 476. The minimum atomic E-state index is -0.0476. The number of imidazole rings is 1. The van der Waals surface area contributed by atoms with Crippen LogP contribution >= 0.6 is 0 Å². The van der Waals surface area contributed by atoms with Gasteiger partial charge in [0.2, 0.25) is 5.91 Å². The lowest BCUT2D eigenvalue weighted by Gasteiger charge is -2.03. The zero-order chi connectivity index (χ0) is 11.4. The van der Waals surface area contributed by atoms with E-state index < -0.39 is 0 Å². The number of benzene rings is 1. The van der Waals surface area contributed by atoms with Crippen LogP contribution in [0.15, 0.2) is 36.7 Å². The molecule has 1 aromatic carbocycles. The maximum atomic E-state index is 10.8. The molecule has 1 amide bonds. The highest BCUT2D eigenvalue weighted by Gasteiger charge is 2.07. The van der Waals surface area contributed by atoms with Crippen molar-refractivity contribution in [2.45, 2.75) is 13.5 Å². The van der Waals surface area contributed by atoms with E-state index in [0.717, 1.165) is 17.0 Å². The van der Waals surface area contributed by atoms with Crippen molar-refractivity contribution in [2.75, 3.05) is 0 Å². The third kappa shape index (κ3) is 2.28. The van der Waals surface area contributed by atoms with Crippen LogP contribution < -0.4 is 5.32 Å². The molecule has 0 aliphatic heterocycles. The number of H-pyrrole nitrogens is 1. The zero-order valence-electron chi connectivity index (χ0n) is 9.03. The Labute approximate surface area is 93.7 Å². The summed E-state index contributed by atoms with van der Waals surface area (Å²) in [6, 6.07) is 9.88. The number of aromatic amines is 1. The maximum absolute atomic E-state index is 10.8. The lowest BCUT2D eigenvalue weighted by atomic mass is 10.1. The standard InChI is InChI=1S/C12H13N3O/c1-9(16)13-7-11-12(15-8-14-11)10-5-3-2-4-6-10/h2-6,8H,7H2,1H3,(H,13,16)(H,14,15). The highest BCUT2D eigenvalue weighted by molar-refractivity contribution is 5.73. The van der Waals surface area contributed by atoms with Crippen LogP contribution in [0.1, 0.15) is 12.6 Å². The molecule has 4 nitrogen and oxygen atoms in total. The third-order valence-electron chi connectivity index (χ3n) is 2.28. The molecule has 0 fully saturated rings. The molecule has 0 saturated carbocycles. The van der Waals surface area contributed by atoms with Crippen LogP contribution in [-0.4, -0.2) is 15.9 Å². The largest absolute Gasteiger partial charge is 0.351 e. The number of aromatic nitrogens is 2. The highest BCUT2D eigenvalue weighted by atomic mass is 16.1. The van der Waals surface area contributed by atoms with Crippen LogP contribution in [0.2, 0.25) is 0 Å². The molecule has 0 saturated heterocycles. The summed E-state index contributed by atoms with van der Waals surface area (Å²) in [5, 5.41) is 2.75. The SMILES string of the molecule is CC(=O)NCc1[nH]cnc1-c1ccccc1. The number of hydrogen-bond acceptors (Lipinski definition) is 2. The van der Waals surface area contributed by atoms with Crippen molar-refractivity contribution in [3.05, 3.63) is 42.4 Å². The first-order chi connectivity index (χ1) is 7.77. The minimum Gasteiger partial charge on any atom is -0.351 e. The Balaban J connectivity index is 2.23. The first-order valence-corrected chi connectivity index (χ1v) is 5.09. The lowest BCUT2D eigenvalue weighted by Crippen LogP contribution is -2.19. The summed E-state index contributed by atoms with van der Waals surface area (Å²) in [6.45, 7) is 1.97. The molecule has 82 valence electrons. The summed E-state index contributed by atoms with van der Waals surface area (Å²) in [5.74, 6) is -0.0476. The molecule has 0 atom stereocenters. The second-order valence-corrected chi connectivity index (χ2v) is 3.51. The van der Waals surface area contributed by atoms with E-state index in [9.17, 15) is 4.79 Å². The van der Waals surface area contributed by atoms with E-state index in [0.29, 0.717) is 6.54 Å². The van der Waals surface area contributed by atoms with Crippen molar-refractivity contribution < 1.29 is 4.79 Å². The van der Waals surface area contributed by atoms with Gasteiger partial charge in [-0.2, -0.15) is 0 Å². The van der Waals surface area contributed by atoms with Crippen molar-refractivity contribution >= 4 is 5.91 Å². The molecule has 0 spiro atoms. The maximum Gasteiger partial charge on any atom is 0.217 e. The zero-order valence-corrected chi connectivity index (χ0v) is 9.03. The number of nitrogens with zero attached hydrogens (tertiary/aromatic N) is 1. The molecule has 4 heteroatoms. The van der Waals surface area contributed by atoms with E-state index >= 15 is 0 Å². The summed E-state index contributed by atoms with van der Waals surface area (Å²) >= 11 is 0. The van der Waals surface area contributed by atoms with Gasteiger partial charge < -0.3 is 10.3 Å². The third-order valence-corrected chi connectivity index (χ3v) is 2.28. The predicted molar refractivity (Wildman–Crippen MR) is 61.5 cm³/mol. The molecule has 1 heterocycles. The minimum absolute atomic E-state index is 0.0476. The predicted octanol–water partition coefficient (Wildman–Crippen LogP) is 1.71. The van der Waals surface area contributed by atoms with E-state index in [4.69, 9.17) is 0 Å². The van der Waals surface area contributed by atoms with Crippen molar-refractivity contribution in [3.63, 3.8) is 0 Å². The first kappa shape index (κ1) is 10.4. The number of amides is 1. The van der Waals surface area contributed by atoms with Gasteiger partial charge in [0.05, 0.1) is 24.3 Å². The normalized spacial score (nSPS) is 10.1. The van der Waals surface area contributed by atoms with E-state index in [1.807, 2.05) is 30.3 Å². The van der Waals surface area contributed by atoms with Gasteiger partial charge >= 0.3 is 0 Å². The molecule has 0 radical (unpaired) electrons. The molecule has 0 bridgehead atoms. The monoisotopic (exact) mass is 215 g/mol. The van der Waals surface area contributed by atoms with Crippen LogP contribution in [0.5, 0.6) is 0 Å². The van der Waals surface area contributed by atoms with Gasteiger partial charge in [-0.3, -0.25) is 4.79 Å². The van der Waals surface area contributed by atoms with E-state index in [-0.39, 0.29) is 5.91 Å². The molecule has 2 N–H and O–H groups in total. The molecule has 2 rings (SSSR count). The van der Waals surface area contributed by atoms with Gasteiger partial charge in [-0.1, -0.05) is 30.3 Å². The molecule has 0 aliphatic rings. The summed E-state index contributed by atoms with van der Waals surface area (Å²) in [4.78, 5) is 18.1. The number of carbonyl (C=O) groups is 1. The van der Waals surface area contributed by atoms with Crippen molar-refractivity contribution in [3.8, 4) is 11.3 Å². The van der Waals surface area contributed by atoms with E-state index in [1.165, 1.54) is 6.92 Å². The second-order valence-electron chi connectivity index (χ2n) is 3.51. The topological polar surface area (TPSA) is 57.8 Å². The van der Waals surface area contributed by atoms with Gasteiger partial charge in [0, 0.05) is 12.5 Å². The highest BCUT2D eigenvalue weighted by Crippen LogP contribution is 2.19. The van der Waals surface area contributed by atoms with Crippen LogP contribution in [0.25, 0.3) is 11.3 Å². The average molecular weight is 215 g/mol. The van der Waals surface area contributed by atoms with E-state index in [1.54, 1.807) is 6.33 Å². The Morgan fingerprint density at radius 2 is 2.12 bits per heavy atom. The fourth-order valence-corrected chi connectivity index (χ4v) is 1.51. The molecule has 1 aromatic heterocycles. The summed E-state index contributed by atoms with van der Waals surface area (Å²) in [7, 11) is 0. The Morgan fingerprint density at radius 3 is 2.81 bits per heavy atom. The summed E-state index contributed by atoms with van der Waals surface area (Å²) < 4.78 is 0. The van der Waals surface area contributed by atoms with Crippen LogP contribution in [0.4, 0.5) is 0 Å². The number of nitrogens with one attached hydrogen (secondary N) is 2. The van der Waals surface area contributed by atoms with Crippen LogP contribution in [0.3, 0.4) is 0 Å². The van der Waals surface area contributed by atoms with Gasteiger partial charge in [0.15, 0.2) is 0 Å². The fraction of sp³-hybridized carbons (Fsp3) is 0.167. The molecule has 0 unspecified atom stereocenters. The Kier molecular flexibility index (Phi) is 3.00. The summed E-state index contributed by atoms with van der Waals surface area (Å²) in [5.41, 5.74) is 2.85. The Morgan fingerprint density at radius 1 is 1.38 bits per heavy atom. The number of carbonyl (C=O) groups excluding carboxylic acids is 1. The van der Waals surface area contributed by atoms with Crippen molar-refractivity contribution in [1.29, 1.82) is 0 Å². The van der Waals surface area contributed by atoms with Gasteiger partial charge in [-0.15, -0.1) is 0 Å². The lowest BCUT2D eigenvalue weighted by molar-refractivity contribution is -0.119. The van der Waals surface area contributed by atoms with Gasteiger partial charge in [0.25, 0.3) is 0 Å². The van der Waals surface area contributed by atoms with Gasteiger partial charge in [0.1, 0.15) is 0 Å². The smallest absolute Gasteiger partial charge is 0.217 e.